The summed E-state index contributed by atoms with van der Waals surface area (Å²) in [6, 6.07) is 7.07. The number of nitrogens with one attached hydrogen (secondary N) is 3. The summed E-state index contributed by atoms with van der Waals surface area (Å²) in [6.07, 6.45) is 3.97. The number of piperazine rings is 1. The topological polar surface area (TPSA) is 126 Å². The van der Waals surface area contributed by atoms with Gasteiger partial charge in [0.15, 0.2) is 5.82 Å². The number of carbonyl (C=O) groups excluding carboxylic acids is 2. The molecule has 0 bridgehead atoms. The van der Waals surface area contributed by atoms with Crippen molar-refractivity contribution < 1.29 is 18.7 Å². The average Bonchev–Trinajstić information content (AvgIpc) is 3.57. The van der Waals surface area contributed by atoms with Crippen molar-refractivity contribution >= 4 is 50.9 Å². The third kappa shape index (κ3) is 5.07. The van der Waals surface area contributed by atoms with Crippen LogP contribution < -0.4 is 20.9 Å². The highest BCUT2D eigenvalue weighted by Gasteiger charge is 2.27. The lowest BCUT2D eigenvalue weighted by Gasteiger charge is -2.38. The second kappa shape index (κ2) is 10.4. The van der Waals surface area contributed by atoms with Crippen molar-refractivity contribution in [3.63, 3.8) is 0 Å². The summed E-state index contributed by atoms with van der Waals surface area (Å²) in [4.78, 5) is 37.6. The molecule has 0 saturated carbocycles. The molecular formula is C28H31FN8O3. The van der Waals surface area contributed by atoms with Crippen LogP contribution in [0.1, 0.15) is 30.6 Å². The second-order valence-electron chi connectivity index (χ2n) is 10.7. The van der Waals surface area contributed by atoms with E-state index in [2.05, 4.69) is 49.8 Å². The van der Waals surface area contributed by atoms with E-state index in [9.17, 15) is 14.0 Å². The molecule has 2 fully saturated rings. The van der Waals surface area contributed by atoms with Gasteiger partial charge in [0.05, 0.1) is 23.6 Å². The van der Waals surface area contributed by atoms with E-state index in [1.807, 2.05) is 6.07 Å². The Morgan fingerprint density at radius 2 is 1.93 bits per heavy atom. The molecule has 40 heavy (non-hydrogen) atoms. The van der Waals surface area contributed by atoms with E-state index in [1.165, 1.54) is 10.7 Å². The van der Waals surface area contributed by atoms with Gasteiger partial charge in [-0.25, -0.2) is 14.4 Å². The third-order valence-electron chi connectivity index (χ3n) is 7.34. The van der Waals surface area contributed by atoms with Crippen LogP contribution in [0.25, 0.3) is 21.8 Å². The number of halogens is 1. The Morgan fingerprint density at radius 1 is 1.12 bits per heavy atom. The maximum Gasteiger partial charge on any atom is 0.257 e. The molecule has 0 radical (unpaired) electrons. The molecule has 2 aliphatic rings. The maximum absolute atomic E-state index is 14.7. The predicted octanol–water partition coefficient (Wildman–Crippen LogP) is 3.07. The van der Waals surface area contributed by atoms with Gasteiger partial charge in [0.2, 0.25) is 11.9 Å². The van der Waals surface area contributed by atoms with Crippen molar-refractivity contribution in [1.29, 1.82) is 0 Å². The third-order valence-corrected chi connectivity index (χ3v) is 7.34. The molecule has 2 aromatic heterocycles. The zero-order valence-corrected chi connectivity index (χ0v) is 22.6. The number of aromatic nitrogens is 4. The smallest absolute Gasteiger partial charge is 0.257 e. The molecule has 3 atom stereocenters. The number of anilines is 3. The zero-order chi connectivity index (χ0) is 28.0. The molecule has 0 unspecified atom stereocenters. The fraction of sp³-hybridized carbons (Fsp3) is 0.393. The fourth-order valence-electron chi connectivity index (χ4n) is 5.58. The van der Waals surface area contributed by atoms with Gasteiger partial charge in [-0.1, -0.05) is 0 Å². The quantitative estimate of drug-likeness (QED) is 0.349. The first-order valence-corrected chi connectivity index (χ1v) is 13.4. The lowest BCUT2D eigenvalue weighted by Crippen LogP contribution is -2.54. The summed E-state index contributed by atoms with van der Waals surface area (Å²) in [5, 5.41) is 14.5. The number of amides is 2. The Hall–Kier alpha value is -4.16. The normalized spacial score (nSPS) is 21.2. The average molecular weight is 547 g/mol. The van der Waals surface area contributed by atoms with Crippen LogP contribution in [-0.2, 0) is 16.6 Å². The predicted molar refractivity (Wildman–Crippen MR) is 150 cm³/mol. The van der Waals surface area contributed by atoms with E-state index in [4.69, 9.17) is 4.74 Å². The van der Waals surface area contributed by atoms with Crippen LogP contribution in [0.15, 0.2) is 36.7 Å². The van der Waals surface area contributed by atoms with Crippen LogP contribution in [0.3, 0.4) is 0 Å². The van der Waals surface area contributed by atoms with Crippen molar-refractivity contribution in [2.24, 2.45) is 13.0 Å². The molecular weight excluding hydrogens is 515 g/mol. The standard InChI is InChI=1S/C28H31FN8O3/c1-15-11-37(12-16(2)31-15)23-5-4-20(27(39)32-19-8-18-13-36(3)35-24(18)22(29)9-19)25-21(23)10-30-28(33-25)34-26(38)17-6-7-40-14-17/h4-5,8-10,13,15-17,31H,6-7,11-12,14H2,1-3H3,(H,32,39)(H,30,33,34,38)/t15-,16+,17-/m0/s1. The van der Waals surface area contributed by atoms with Crippen LogP contribution in [0.2, 0.25) is 0 Å². The monoisotopic (exact) mass is 546 g/mol. The first-order valence-electron chi connectivity index (χ1n) is 13.4. The molecule has 0 aliphatic carbocycles. The largest absolute Gasteiger partial charge is 0.381 e. The highest BCUT2D eigenvalue weighted by molar-refractivity contribution is 6.14. The Balaban J connectivity index is 1.38. The summed E-state index contributed by atoms with van der Waals surface area (Å²) in [5.74, 6) is -1.36. The zero-order valence-electron chi connectivity index (χ0n) is 22.6. The number of nitrogens with zero attached hydrogens (tertiary/aromatic N) is 5. The fourth-order valence-corrected chi connectivity index (χ4v) is 5.58. The first-order chi connectivity index (χ1) is 19.2. The molecule has 2 aliphatic heterocycles. The molecule has 12 heteroatoms. The number of benzene rings is 2. The van der Waals surface area contributed by atoms with Crippen molar-refractivity contribution in [3.05, 3.63) is 48.0 Å². The van der Waals surface area contributed by atoms with Crippen LogP contribution in [-0.4, -0.2) is 69.9 Å². The van der Waals surface area contributed by atoms with E-state index in [1.54, 1.807) is 31.6 Å². The summed E-state index contributed by atoms with van der Waals surface area (Å²) in [7, 11) is 1.71. The van der Waals surface area contributed by atoms with Gasteiger partial charge in [-0.2, -0.15) is 5.10 Å². The maximum atomic E-state index is 14.7. The van der Waals surface area contributed by atoms with Crippen molar-refractivity contribution in [2.75, 3.05) is 41.8 Å². The lowest BCUT2D eigenvalue weighted by atomic mass is 10.0. The molecule has 2 aromatic carbocycles. The summed E-state index contributed by atoms with van der Waals surface area (Å²) >= 11 is 0. The number of hydrogen-bond acceptors (Lipinski definition) is 8. The van der Waals surface area contributed by atoms with Gasteiger partial charge in [0.1, 0.15) is 5.52 Å². The highest BCUT2D eigenvalue weighted by Crippen LogP contribution is 2.31. The molecule has 0 spiro atoms. The van der Waals surface area contributed by atoms with Gasteiger partial charge in [0.25, 0.3) is 5.91 Å². The molecule has 11 nitrogen and oxygen atoms in total. The molecule has 208 valence electrons. The lowest BCUT2D eigenvalue weighted by molar-refractivity contribution is -0.119. The number of aryl methyl sites for hydroxylation is 1. The molecule has 2 saturated heterocycles. The van der Waals surface area contributed by atoms with Crippen molar-refractivity contribution in [2.45, 2.75) is 32.4 Å². The van der Waals surface area contributed by atoms with Gasteiger partial charge in [0, 0.05) is 73.4 Å². The van der Waals surface area contributed by atoms with Crippen LogP contribution in [0.5, 0.6) is 0 Å². The number of carbonyl (C=O) groups is 2. The van der Waals surface area contributed by atoms with E-state index in [0.29, 0.717) is 41.6 Å². The molecule has 3 N–H and O–H groups in total. The van der Waals surface area contributed by atoms with E-state index in [0.717, 1.165) is 18.8 Å². The van der Waals surface area contributed by atoms with Gasteiger partial charge in [-0.05, 0) is 44.5 Å². The summed E-state index contributed by atoms with van der Waals surface area (Å²) in [5.41, 5.74) is 2.11. The van der Waals surface area contributed by atoms with Gasteiger partial charge >= 0.3 is 0 Å². The van der Waals surface area contributed by atoms with Gasteiger partial charge < -0.3 is 20.3 Å². The number of fused-ring (bicyclic) bond motifs is 2. The highest BCUT2D eigenvalue weighted by atomic mass is 19.1. The van der Waals surface area contributed by atoms with E-state index >= 15 is 0 Å². The minimum Gasteiger partial charge on any atom is -0.381 e. The second-order valence-corrected chi connectivity index (χ2v) is 10.7. The minimum atomic E-state index is -0.529. The van der Waals surface area contributed by atoms with E-state index in [-0.39, 0.29) is 40.9 Å². The van der Waals surface area contributed by atoms with E-state index < -0.39 is 11.7 Å². The Bertz CT molecular complexity index is 1610. The van der Waals surface area contributed by atoms with Gasteiger partial charge in [-0.3, -0.25) is 19.6 Å². The van der Waals surface area contributed by atoms with Crippen LogP contribution in [0.4, 0.5) is 21.7 Å². The van der Waals surface area contributed by atoms with Gasteiger partial charge in [-0.15, -0.1) is 0 Å². The molecule has 6 rings (SSSR count). The molecule has 2 amide bonds. The minimum absolute atomic E-state index is 0.112. The SMILES string of the molecule is C[C@@H]1CN(c2ccc(C(=O)Nc3cc(F)c4nn(C)cc4c3)c3nc(NC(=O)[C@H]4CCOC4)ncc23)C[C@H](C)N1. The Kier molecular flexibility index (Phi) is 6.80. The first kappa shape index (κ1) is 26.1. The number of ether oxygens (including phenoxy) is 1. The molecule has 4 aromatic rings. The Labute approximate surface area is 230 Å². The summed E-state index contributed by atoms with van der Waals surface area (Å²) < 4.78 is 21.5. The van der Waals surface area contributed by atoms with Crippen LogP contribution in [0, 0.1) is 11.7 Å². The number of hydrogen-bond donors (Lipinski definition) is 3. The van der Waals surface area contributed by atoms with Crippen LogP contribution >= 0.6 is 0 Å². The summed E-state index contributed by atoms with van der Waals surface area (Å²) in [6.45, 7) is 6.69. The van der Waals surface area contributed by atoms with Crippen molar-refractivity contribution in [3.8, 4) is 0 Å². The number of rotatable bonds is 5. The Morgan fingerprint density at radius 3 is 2.67 bits per heavy atom. The molecule has 4 heterocycles. The van der Waals surface area contributed by atoms with Crippen molar-refractivity contribution in [1.82, 2.24) is 25.1 Å².